The highest BCUT2D eigenvalue weighted by atomic mass is 16.4. The number of benzene rings is 1. The second-order valence-corrected chi connectivity index (χ2v) is 5.57. The highest BCUT2D eigenvalue weighted by Gasteiger charge is 2.47. The molecule has 1 fully saturated rings. The first-order valence-electron chi connectivity index (χ1n) is 7.12. The first kappa shape index (κ1) is 14.6. The van der Waals surface area contributed by atoms with Crippen molar-refractivity contribution in [2.45, 2.75) is 32.6 Å². The second kappa shape index (κ2) is 6.07. The third-order valence-corrected chi connectivity index (χ3v) is 4.20. The number of carboxylic acids is 1. The topological polar surface area (TPSA) is 66.4 Å². The highest BCUT2D eigenvalue weighted by molar-refractivity contribution is 5.85. The minimum Gasteiger partial charge on any atom is -0.481 e. The number of carboxylic acid groups (broad SMARTS) is 1. The van der Waals surface area contributed by atoms with Crippen molar-refractivity contribution < 1.29 is 14.7 Å². The molecule has 0 radical (unpaired) electrons. The molecule has 0 spiro atoms. The number of aliphatic carboxylic acids is 1. The molecule has 4 heteroatoms. The minimum absolute atomic E-state index is 0.0133. The maximum Gasteiger partial charge on any atom is 0.308 e. The summed E-state index contributed by atoms with van der Waals surface area (Å²) in [5.41, 5.74) is 0.765. The lowest BCUT2D eigenvalue weighted by molar-refractivity contribution is -0.141. The monoisotopic (exact) mass is 275 g/mol. The van der Waals surface area contributed by atoms with Crippen molar-refractivity contribution in [2.75, 3.05) is 6.54 Å². The fourth-order valence-corrected chi connectivity index (χ4v) is 2.44. The van der Waals surface area contributed by atoms with Crippen LogP contribution in [0.4, 0.5) is 0 Å². The van der Waals surface area contributed by atoms with Gasteiger partial charge >= 0.3 is 5.97 Å². The van der Waals surface area contributed by atoms with E-state index in [2.05, 4.69) is 5.32 Å². The SMILES string of the molecule is CCC1(C(=O)NCC(Cc2ccccc2)C(=O)O)CC1. The van der Waals surface area contributed by atoms with Gasteiger partial charge in [-0.3, -0.25) is 9.59 Å². The van der Waals surface area contributed by atoms with Crippen molar-refractivity contribution in [1.82, 2.24) is 5.32 Å². The summed E-state index contributed by atoms with van der Waals surface area (Å²) >= 11 is 0. The summed E-state index contributed by atoms with van der Waals surface area (Å²) in [6, 6.07) is 9.50. The molecule has 0 aromatic heterocycles. The number of hydrogen-bond donors (Lipinski definition) is 2. The predicted molar refractivity (Wildman–Crippen MR) is 76.2 cm³/mol. The molecule has 1 aliphatic rings. The molecule has 20 heavy (non-hydrogen) atoms. The van der Waals surface area contributed by atoms with E-state index in [1.54, 1.807) is 0 Å². The number of rotatable bonds is 7. The van der Waals surface area contributed by atoms with Crippen LogP contribution >= 0.6 is 0 Å². The van der Waals surface area contributed by atoms with Gasteiger partial charge in [0.1, 0.15) is 0 Å². The van der Waals surface area contributed by atoms with Crippen LogP contribution in [0.1, 0.15) is 31.7 Å². The van der Waals surface area contributed by atoms with Gasteiger partial charge in [-0.25, -0.2) is 0 Å². The van der Waals surface area contributed by atoms with Crippen LogP contribution < -0.4 is 5.32 Å². The van der Waals surface area contributed by atoms with Gasteiger partial charge in [0.2, 0.25) is 5.91 Å². The minimum atomic E-state index is -0.865. The molecule has 1 aliphatic carbocycles. The number of carbonyl (C=O) groups is 2. The van der Waals surface area contributed by atoms with Gasteiger partial charge < -0.3 is 10.4 Å². The molecule has 1 aromatic carbocycles. The largest absolute Gasteiger partial charge is 0.481 e. The standard InChI is InChI=1S/C16H21NO3/c1-2-16(8-9-16)15(20)17-11-13(14(18)19)10-12-6-4-3-5-7-12/h3-7,13H,2,8-11H2,1H3,(H,17,20)(H,18,19). The Bertz CT molecular complexity index is 480. The van der Waals surface area contributed by atoms with E-state index < -0.39 is 11.9 Å². The second-order valence-electron chi connectivity index (χ2n) is 5.57. The summed E-state index contributed by atoms with van der Waals surface area (Å²) in [4.78, 5) is 23.3. The third-order valence-electron chi connectivity index (χ3n) is 4.20. The molecule has 0 saturated heterocycles. The maximum absolute atomic E-state index is 12.0. The van der Waals surface area contributed by atoms with Crippen LogP contribution in [0.3, 0.4) is 0 Å². The Morgan fingerprint density at radius 1 is 1.30 bits per heavy atom. The Morgan fingerprint density at radius 2 is 1.95 bits per heavy atom. The van der Waals surface area contributed by atoms with Gasteiger partial charge in [-0.05, 0) is 31.2 Å². The molecule has 1 atom stereocenters. The normalized spacial score (nSPS) is 17.2. The van der Waals surface area contributed by atoms with Gasteiger partial charge in [0, 0.05) is 12.0 Å². The zero-order valence-corrected chi connectivity index (χ0v) is 11.8. The summed E-state index contributed by atoms with van der Waals surface area (Å²) in [5, 5.41) is 12.1. The molecule has 1 aromatic rings. The van der Waals surface area contributed by atoms with Gasteiger partial charge in [0.15, 0.2) is 0 Å². The van der Waals surface area contributed by atoms with Crippen LogP contribution in [-0.2, 0) is 16.0 Å². The fraction of sp³-hybridized carbons (Fsp3) is 0.500. The van der Waals surface area contributed by atoms with Crippen molar-refractivity contribution in [3.8, 4) is 0 Å². The molecular formula is C16H21NO3. The van der Waals surface area contributed by atoms with E-state index in [0.29, 0.717) is 6.42 Å². The fourth-order valence-electron chi connectivity index (χ4n) is 2.44. The van der Waals surface area contributed by atoms with Crippen molar-refractivity contribution in [2.24, 2.45) is 11.3 Å². The van der Waals surface area contributed by atoms with E-state index in [-0.39, 0.29) is 17.9 Å². The van der Waals surface area contributed by atoms with E-state index in [1.807, 2.05) is 37.3 Å². The lowest BCUT2D eigenvalue weighted by Crippen LogP contribution is -2.38. The Hall–Kier alpha value is -1.84. The van der Waals surface area contributed by atoms with Crippen LogP contribution in [0.2, 0.25) is 0 Å². The Morgan fingerprint density at radius 3 is 2.45 bits per heavy atom. The zero-order chi connectivity index (χ0) is 14.6. The van der Waals surface area contributed by atoms with Crippen LogP contribution in [0.15, 0.2) is 30.3 Å². The highest BCUT2D eigenvalue weighted by Crippen LogP contribution is 2.48. The molecule has 1 unspecified atom stereocenters. The van der Waals surface area contributed by atoms with E-state index in [9.17, 15) is 14.7 Å². The first-order valence-corrected chi connectivity index (χ1v) is 7.12. The Kier molecular flexibility index (Phi) is 4.42. The van der Waals surface area contributed by atoms with Crippen molar-refractivity contribution in [3.63, 3.8) is 0 Å². The van der Waals surface area contributed by atoms with Crippen LogP contribution in [0, 0.1) is 11.3 Å². The molecule has 0 heterocycles. The van der Waals surface area contributed by atoms with E-state index >= 15 is 0 Å². The molecule has 0 bridgehead atoms. The Balaban J connectivity index is 1.90. The lowest BCUT2D eigenvalue weighted by atomic mass is 9.98. The van der Waals surface area contributed by atoms with Crippen molar-refractivity contribution in [1.29, 1.82) is 0 Å². The first-order chi connectivity index (χ1) is 9.57. The average Bonchev–Trinajstić information content (AvgIpc) is 3.25. The van der Waals surface area contributed by atoms with Crippen LogP contribution in [0.25, 0.3) is 0 Å². The lowest BCUT2D eigenvalue weighted by Gasteiger charge is -2.17. The summed E-state index contributed by atoms with van der Waals surface area (Å²) in [6.07, 6.45) is 3.11. The Labute approximate surface area is 119 Å². The van der Waals surface area contributed by atoms with E-state index in [1.165, 1.54) is 0 Å². The van der Waals surface area contributed by atoms with Gasteiger partial charge in [0.25, 0.3) is 0 Å². The summed E-state index contributed by atoms with van der Waals surface area (Å²) in [6.45, 7) is 2.20. The van der Waals surface area contributed by atoms with Crippen molar-refractivity contribution in [3.05, 3.63) is 35.9 Å². The molecule has 2 rings (SSSR count). The number of nitrogens with one attached hydrogen (secondary N) is 1. The summed E-state index contributed by atoms with van der Waals surface area (Å²) < 4.78 is 0. The van der Waals surface area contributed by atoms with Gasteiger partial charge in [0.05, 0.1) is 5.92 Å². The molecule has 0 aliphatic heterocycles. The quantitative estimate of drug-likeness (QED) is 0.802. The molecule has 2 N–H and O–H groups in total. The maximum atomic E-state index is 12.0. The molecule has 1 saturated carbocycles. The zero-order valence-electron chi connectivity index (χ0n) is 11.8. The number of carbonyl (C=O) groups excluding carboxylic acids is 1. The third kappa shape index (κ3) is 3.38. The van der Waals surface area contributed by atoms with Gasteiger partial charge in [-0.1, -0.05) is 37.3 Å². The number of amides is 1. The predicted octanol–water partition coefficient (Wildman–Crippen LogP) is 2.24. The molecular weight excluding hydrogens is 254 g/mol. The molecule has 4 nitrogen and oxygen atoms in total. The molecule has 108 valence electrons. The van der Waals surface area contributed by atoms with Gasteiger partial charge in [-0.15, -0.1) is 0 Å². The number of hydrogen-bond acceptors (Lipinski definition) is 2. The summed E-state index contributed by atoms with van der Waals surface area (Å²) in [5.74, 6) is -1.43. The van der Waals surface area contributed by atoms with Gasteiger partial charge in [-0.2, -0.15) is 0 Å². The van der Waals surface area contributed by atoms with Crippen molar-refractivity contribution >= 4 is 11.9 Å². The smallest absolute Gasteiger partial charge is 0.308 e. The summed E-state index contributed by atoms with van der Waals surface area (Å²) in [7, 11) is 0. The van der Waals surface area contributed by atoms with E-state index in [0.717, 1.165) is 24.8 Å². The van der Waals surface area contributed by atoms with Crippen LogP contribution in [-0.4, -0.2) is 23.5 Å². The van der Waals surface area contributed by atoms with Crippen LogP contribution in [0.5, 0.6) is 0 Å². The van der Waals surface area contributed by atoms with E-state index in [4.69, 9.17) is 0 Å². The molecule has 1 amide bonds. The average molecular weight is 275 g/mol.